The molecule has 10 heteroatoms. The first kappa shape index (κ1) is 33.4. The van der Waals surface area contributed by atoms with Crippen LogP contribution >= 0.6 is 0 Å². The van der Waals surface area contributed by atoms with E-state index in [1.54, 1.807) is 4.90 Å². The Hall–Kier alpha value is -3.14. The zero-order valence-corrected chi connectivity index (χ0v) is 26.4. The Morgan fingerprint density at radius 1 is 1.02 bits per heavy atom. The minimum Gasteiger partial charge on any atom is -0.369 e. The molecule has 3 atom stereocenters. The molecule has 0 spiro atoms. The van der Waals surface area contributed by atoms with Gasteiger partial charge in [0.2, 0.25) is 17.7 Å². The molecule has 5 N–H and O–H groups in total. The molecule has 2 aliphatic rings. The number of nitrogens with two attached hydrogens (primary N) is 1. The molecule has 10 nitrogen and oxygen atoms in total. The zero-order valence-electron chi connectivity index (χ0n) is 26.4. The number of ether oxygens (including phenoxy) is 1. The maximum absolute atomic E-state index is 14.3. The monoisotopic (exact) mass is 585 g/mol. The number of primary amides is 1. The first-order valence-electron chi connectivity index (χ1n) is 15.1. The highest BCUT2D eigenvalue weighted by Crippen LogP contribution is 2.48. The van der Waals surface area contributed by atoms with Crippen molar-refractivity contribution >= 4 is 23.8 Å². The molecular formula is C32H51N5O5. The molecule has 3 rings (SSSR count). The molecule has 234 valence electrons. The summed E-state index contributed by atoms with van der Waals surface area (Å²) in [5, 5.41) is 8.72. The molecule has 2 fully saturated rings. The van der Waals surface area contributed by atoms with Crippen LogP contribution in [0.25, 0.3) is 0 Å². The Bertz CT molecular complexity index is 1100. The van der Waals surface area contributed by atoms with Crippen LogP contribution in [0.1, 0.15) is 85.6 Å². The van der Waals surface area contributed by atoms with Crippen LogP contribution in [0, 0.1) is 11.3 Å². The number of hydrogen-bond donors (Lipinski definition) is 4. The fraction of sp³-hybridized carbons (Fsp3) is 0.688. The van der Waals surface area contributed by atoms with Crippen molar-refractivity contribution < 1.29 is 23.9 Å². The Labute approximate surface area is 250 Å². The second-order valence-corrected chi connectivity index (χ2v) is 14.3. The largest absolute Gasteiger partial charge is 0.369 e. The van der Waals surface area contributed by atoms with Crippen molar-refractivity contribution in [2.24, 2.45) is 17.1 Å². The molecule has 0 heterocycles. The molecule has 42 heavy (non-hydrogen) atoms. The lowest BCUT2D eigenvalue weighted by atomic mass is 9.79. The zero-order chi connectivity index (χ0) is 31.3. The number of carbonyl (C=O) groups excluding carboxylic acids is 4. The molecule has 5 amide bonds. The van der Waals surface area contributed by atoms with Gasteiger partial charge in [-0.1, -0.05) is 70.4 Å². The standard InChI is InChI=1S/C32H51N5O5/c1-30(2,3)26(35-29(41)36-31(4,5)6)28(40)37(20-32(16-17-32)22-14-9-8-10-15-22)19-24(38)34-23(18-21-12-11-13-21)25(42-7)27(33)39/h8-10,14-15,21,23,25-26H,11-13,16-20H2,1-7H3,(H2,33,39)(H,34,38)(H2,35,36,41). The third-order valence-electron chi connectivity index (χ3n) is 8.31. The quantitative estimate of drug-likeness (QED) is 0.281. The smallest absolute Gasteiger partial charge is 0.315 e. The second kappa shape index (κ2) is 13.4. The van der Waals surface area contributed by atoms with E-state index in [1.165, 1.54) is 7.11 Å². The summed E-state index contributed by atoms with van der Waals surface area (Å²) in [6, 6.07) is 8.08. The van der Waals surface area contributed by atoms with E-state index in [9.17, 15) is 19.2 Å². The van der Waals surface area contributed by atoms with Gasteiger partial charge in [-0.25, -0.2) is 4.79 Å². The molecule has 1 aromatic carbocycles. The van der Waals surface area contributed by atoms with Crippen molar-refractivity contribution in [3.8, 4) is 0 Å². The Balaban J connectivity index is 1.88. The molecule has 2 saturated carbocycles. The molecule has 2 aliphatic carbocycles. The summed E-state index contributed by atoms with van der Waals surface area (Å²) in [5.41, 5.74) is 5.34. The van der Waals surface area contributed by atoms with Gasteiger partial charge in [0.15, 0.2) is 6.10 Å². The number of hydrogen-bond acceptors (Lipinski definition) is 5. The average molecular weight is 586 g/mol. The molecule has 1 aromatic rings. The molecule has 3 unspecified atom stereocenters. The van der Waals surface area contributed by atoms with Gasteiger partial charge in [-0.05, 0) is 56.9 Å². The van der Waals surface area contributed by atoms with E-state index in [0.29, 0.717) is 18.9 Å². The van der Waals surface area contributed by atoms with Crippen molar-refractivity contribution in [2.75, 3.05) is 20.2 Å². The molecule has 0 bridgehead atoms. The topological polar surface area (TPSA) is 143 Å². The summed E-state index contributed by atoms with van der Waals surface area (Å²) in [6.07, 6.45) is 4.56. The van der Waals surface area contributed by atoms with E-state index in [4.69, 9.17) is 10.5 Å². The maximum atomic E-state index is 14.3. The van der Waals surface area contributed by atoms with Gasteiger partial charge in [0.1, 0.15) is 6.04 Å². The van der Waals surface area contributed by atoms with Crippen LogP contribution in [0.15, 0.2) is 30.3 Å². The summed E-state index contributed by atoms with van der Waals surface area (Å²) in [7, 11) is 1.41. The SMILES string of the molecule is COC(C(N)=O)C(CC1CCC1)NC(=O)CN(CC1(c2ccccc2)CC1)C(=O)C(NC(=O)NC(C)(C)C)C(C)(C)C. The van der Waals surface area contributed by atoms with E-state index in [2.05, 4.69) is 28.1 Å². The third kappa shape index (κ3) is 9.18. The van der Waals surface area contributed by atoms with Crippen LogP contribution in [0.4, 0.5) is 4.79 Å². The van der Waals surface area contributed by atoms with Crippen LogP contribution in [0.5, 0.6) is 0 Å². The number of carbonyl (C=O) groups is 4. The lowest BCUT2D eigenvalue weighted by molar-refractivity contribution is -0.141. The van der Waals surface area contributed by atoms with Gasteiger partial charge in [0, 0.05) is 24.6 Å². The lowest BCUT2D eigenvalue weighted by Crippen LogP contribution is -2.60. The molecule has 0 radical (unpaired) electrons. The van der Waals surface area contributed by atoms with Crippen LogP contribution in [0.3, 0.4) is 0 Å². The van der Waals surface area contributed by atoms with Crippen molar-refractivity contribution in [1.82, 2.24) is 20.9 Å². The summed E-state index contributed by atoms with van der Waals surface area (Å²) >= 11 is 0. The Kier molecular flexibility index (Phi) is 10.7. The van der Waals surface area contributed by atoms with Crippen LogP contribution < -0.4 is 21.7 Å². The number of amides is 5. The second-order valence-electron chi connectivity index (χ2n) is 14.3. The Morgan fingerprint density at radius 2 is 1.64 bits per heavy atom. The van der Waals surface area contributed by atoms with Crippen LogP contribution in [-0.2, 0) is 24.5 Å². The first-order chi connectivity index (χ1) is 19.5. The van der Waals surface area contributed by atoms with Crippen molar-refractivity contribution in [1.29, 1.82) is 0 Å². The fourth-order valence-corrected chi connectivity index (χ4v) is 5.65. The lowest BCUT2D eigenvalue weighted by Gasteiger charge is -2.37. The van der Waals surface area contributed by atoms with E-state index in [-0.39, 0.29) is 17.9 Å². The van der Waals surface area contributed by atoms with Crippen LogP contribution in [0.2, 0.25) is 0 Å². The number of nitrogens with one attached hydrogen (secondary N) is 3. The van der Waals surface area contributed by atoms with Crippen molar-refractivity contribution in [3.05, 3.63) is 35.9 Å². The number of benzene rings is 1. The van der Waals surface area contributed by atoms with Gasteiger partial charge in [0.25, 0.3) is 0 Å². The molecule has 0 aliphatic heterocycles. The Morgan fingerprint density at radius 3 is 2.10 bits per heavy atom. The normalized spacial score (nSPS) is 18.5. The molecule has 0 saturated heterocycles. The van der Waals surface area contributed by atoms with E-state index < -0.39 is 47.0 Å². The van der Waals surface area contributed by atoms with E-state index in [0.717, 1.165) is 37.7 Å². The highest BCUT2D eigenvalue weighted by atomic mass is 16.5. The minimum atomic E-state index is -0.970. The summed E-state index contributed by atoms with van der Waals surface area (Å²) in [6.45, 7) is 11.4. The fourth-order valence-electron chi connectivity index (χ4n) is 5.65. The number of nitrogens with zero attached hydrogens (tertiary/aromatic N) is 1. The predicted octanol–water partition coefficient (Wildman–Crippen LogP) is 3.23. The summed E-state index contributed by atoms with van der Waals surface area (Å²) < 4.78 is 5.39. The number of rotatable bonds is 13. The summed E-state index contributed by atoms with van der Waals surface area (Å²) in [5.74, 6) is -0.990. The molecular weight excluding hydrogens is 534 g/mol. The first-order valence-corrected chi connectivity index (χ1v) is 15.1. The predicted molar refractivity (Wildman–Crippen MR) is 162 cm³/mol. The van der Waals surface area contributed by atoms with Gasteiger partial charge < -0.3 is 31.3 Å². The molecule has 0 aromatic heterocycles. The maximum Gasteiger partial charge on any atom is 0.315 e. The van der Waals surface area contributed by atoms with Crippen molar-refractivity contribution in [3.63, 3.8) is 0 Å². The van der Waals surface area contributed by atoms with Gasteiger partial charge in [-0.15, -0.1) is 0 Å². The van der Waals surface area contributed by atoms with E-state index >= 15 is 0 Å². The van der Waals surface area contributed by atoms with Gasteiger partial charge in [0.05, 0.1) is 12.6 Å². The van der Waals surface area contributed by atoms with E-state index in [1.807, 2.05) is 59.7 Å². The van der Waals surface area contributed by atoms with Gasteiger partial charge in [-0.2, -0.15) is 0 Å². The highest BCUT2D eigenvalue weighted by molar-refractivity contribution is 5.91. The average Bonchev–Trinajstić information content (AvgIpc) is 3.63. The van der Waals surface area contributed by atoms with Gasteiger partial charge in [-0.3, -0.25) is 14.4 Å². The number of urea groups is 1. The van der Waals surface area contributed by atoms with Crippen LogP contribution in [-0.4, -0.2) is 72.6 Å². The number of methoxy groups -OCH3 is 1. The third-order valence-corrected chi connectivity index (χ3v) is 8.31. The summed E-state index contributed by atoms with van der Waals surface area (Å²) in [4.78, 5) is 54.5. The highest BCUT2D eigenvalue weighted by Gasteiger charge is 2.48. The van der Waals surface area contributed by atoms with Gasteiger partial charge >= 0.3 is 6.03 Å². The minimum absolute atomic E-state index is 0.223. The van der Waals surface area contributed by atoms with Crippen molar-refractivity contribution in [2.45, 2.75) is 109 Å².